The van der Waals surface area contributed by atoms with E-state index in [2.05, 4.69) is 93.1 Å². The first-order chi connectivity index (χ1) is 50.1. The van der Waals surface area contributed by atoms with Gasteiger partial charge in [-0.3, -0.25) is 4.90 Å². The normalized spacial score (nSPS) is 14.9. The van der Waals surface area contributed by atoms with Gasteiger partial charge in [-0.15, -0.1) is 45.3 Å². The highest BCUT2D eigenvalue weighted by atomic mass is 79.9. The van der Waals surface area contributed by atoms with E-state index in [4.69, 9.17) is 79.0 Å². The lowest BCUT2D eigenvalue weighted by atomic mass is 9.80. The number of thiophene rings is 4. The quantitative estimate of drug-likeness (QED) is 0.0528. The monoisotopic (exact) mass is 1770 g/mol. The van der Waals surface area contributed by atoms with Gasteiger partial charge < -0.3 is 39.4 Å². The van der Waals surface area contributed by atoms with E-state index in [0.29, 0.717) is 81.7 Å². The number of ether oxygens (including phenoxy) is 3. The summed E-state index contributed by atoms with van der Waals surface area (Å²) < 4.78 is 99.5. The second-order valence-electron chi connectivity index (χ2n) is 22.5. The summed E-state index contributed by atoms with van der Waals surface area (Å²) in [5, 5.41) is 29.0. The highest BCUT2D eigenvalue weighted by molar-refractivity contribution is 9.11. The molecule has 36 heteroatoms. The van der Waals surface area contributed by atoms with Crippen LogP contribution in [0.15, 0.2) is 132 Å². The molecule has 104 heavy (non-hydrogen) atoms. The molecule has 4 fully saturated rings. The van der Waals surface area contributed by atoms with Crippen LogP contribution in [0.5, 0.6) is 0 Å². The molecule has 16 rings (SSSR count). The summed E-state index contributed by atoms with van der Waals surface area (Å²) in [4.78, 5) is 42.1. The fourth-order valence-electron chi connectivity index (χ4n) is 10.5. The highest BCUT2D eigenvalue weighted by Crippen LogP contribution is 2.40. The minimum Gasteiger partial charge on any atom is -0.423 e. The SMILES string of the molecule is C1COCCN1.CC.CS(=O)(=O)N1CCN(Cc2csc3c(-c4ccc(F)cc4)nc(N4CCOCC4)nc23)CC1.Clc1nc(Cl)c2scc(Br)c2n1.Fc1ccc(-c2nc(Cl)nc3c(Br)csc23)cc1.Fc1ccc(-c2nc(N3CCOCC3)nc3c(Br)csc23)cc1.OB(O)c1ccc(F)cc1. The molecule has 4 aliphatic rings. The first kappa shape index (κ1) is 80.9. The van der Waals surface area contributed by atoms with Gasteiger partial charge in [0.1, 0.15) is 39.8 Å². The number of piperazine rings is 1. The first-order valence-electron chi connectivity index (χ1n) is 32.2. The van der Waals surface area contributed by atoms with Gasteiger partial charge in [0, 0.05) is 110 Å². The van der Waals surface area contributed by atoms with Crippen molar-refractivity contribution in [3.63, 3.8) is 0 Å². The number of morpholine rings is 3. The zero-order valence-electron chi connectivity index (χ0n) is 55.8. The number of anilines is 2. The van der Waals surface area contributed by atoms with Crippen molar-refractivity contribution in [3.8, 4) is 33.8 Å². The van der Waals surface area contributed by atoms with Crippen LogP contribution in [0.2, 0.25) is 15.7 Å². The Hall–Kier alpha value is -5.64. The fourth-order valence-corrected chi connectivity index (χ4v) is 17.6. The van der Waals surface area contributed by atoms with Crippen molar-refractivity contribution >= 4 is 203 Å². The molecule has 0 unspecified atom stereocenters. The molecule has 0 radical (unpaired) electrons. The molecule has 4 aromatic carbocycles. The molecule has 0 spiro atoms. The van der Waals surface area contributed by atoms with Gasteiger partial charge >= 0.3 is 7.12 Å². The zero-order valence-corrected chi connectivity index (χ0v) is 66.9. The molecule has 0 amide bonds. The predicted octanol–water partition coefficient (Wildman–Crippen LogP) is 15.3. The van der Waals surface area contributed by atoms with Crippen LogP contribution in [0, 0.1) is 23.3 Å². The minimum absolute atomic E-state index is 0.173. The lowest BCUT2D eigenvalue weighted by Gasteiger charge is -2.33. The second-order valence-corrected chi connectivity index (χ2v) is 31.6. The molecule has 3 N–H and O–H groups in total. The van der Waals surface area contributed by atoms with Crippen LogP contribution >= 0.6 is 128 Å². The van der Waals surface area contributed by atoms with Gasteiger partial charge in [-0.25, -0.2) is 65.9 Å². The smallest absolute Gasteiger partial charge is 0.423 e. The average Bonchev–Trinajstić information content (AvgIpc) is 1.78. The predicted molar refractivity (Wildman–Crippen MR) is 423 cm³/mol. The molecular formula is C68H66BBr3Cl3F4N13O7S5. The maximum Gasteiger partial charge on any atom is 0.488 e. The summed E-state index contributed by atoms with van der Waals surface area (Å²) in [7, 11) is -4.67. The Labute approximate surface area is 654 Å². The number of rotatable bonds is 9. The minimum atomic E-state index is -3.16. The van der Waals surface area contributed by atoms with E-state index in [0.717, 1.165) is 146 Å². The van der Waals surface area contributed by atoms with E-state index in [1.54, 1.807) is 59.1 Å². The molecule has 8 aromatic heterocycles. The molecule has 20 nitrogen and oxygen atoms in total. The van der Waals surface area contributed by atoms with Gasteiger partial charge in [0.2, 0.25) is 32.5 Å². The molecule has 548 valence electrons. The summed E-state index contributed by atoms with van der Waals surface area (Å²) in [5.74, 6) is 0.162. The van der Waals surface area contributed by atoms with E-state index in [1.165, 1.54) is 93.9 Å². The molecule has 4 saturated heterocycles. The van der Waals surface area contributed by atoms with Crippen LogP contribution in [-0.2, 0) is 30.8 Å². The van der Waals surface area contributed by atoms with E-state index < -0.39 is 17.1 Å². The van der Waals surface area contributed by atoms with Crippen LogP contribution in [-0.4, -0.2) is 186 Å². The zero-order chi connectivity index (χ0) is 74.0. The first-order valence-corrected chi connectivity index (χ1v) is 41.1. The van der Waals surface area contributed by atoms with Gasteiger partial charge in [-0.1, -0.05) is 37.6 Å². The van der Waals surface area contributed by atoms with Crippen LogP contribution in [0.25, 0.3) is 74.6 Å². The fraction of sp³-hybridized carbons (Fsp3) is 0.294. The van der Waals surface area contributed by atoms with Crippen LogP contribution < -0.4 is 20.6 Å². The maximum atomic E-state index is 13.6. The number of benzene rings is 4. The summed E-state index contributed by atoms with van der Waals surface area (Å²) in [6.45, 7) is 16.5. The van der Waals surface area contributed by atoms with E-state index in [9.17, 15) is 26.0 Å². The number of nitrogens with zero attached hydrogens (tertiary/aromatic N) is 12. The maximum absolute atomic E-state index is 13.6. The van der Waals surface area contributed by atoms with Crippen LogP contribution in [0.1, 0.15) is 19.4 Å². The second kappa shape index (κ2) is 38.9. The average molecular weight is 1770 g/mol. The van der Waals surface area contributed by atoms with Crippen LogP contribution in [0.4, 0.5) is 29.5 Å². The highest BCUT2D eigenvalue weighted by Gasteiger charge is 2.27. The molecule has 0 saturated carbocycles. The van der Waals surface area contributed by atoms with E-state index in [-0.39, 0.29) is 33.8 Å². The third-order valence-electron chi connectivity index (χ3n) is 15.6. The molecule has 0 aliphatic carbocycles. The van der Waals surface area contributed by atoms with Gasteiger partial charge in [0.25, 0.3) is 0 Å². The van der Waals surface area contributed by atoms with Crippen molar-refractivity contribution in [3.05, 3.63) is 177 Å². The lowest BCUT2D eigenvalue weighted by Crippen LogP contribution is -2.47. The number of aromatic nitrogens is 8. The summed E-state index contributed by atoms with van der Waals surface area (Å²) in [6, 6.07) is 24.0. The van der Waals surface area contributed by atoms with Gasteiger partial charge in [-0.05, 0) is 167 Å². The van der Waals surface area contributed by atoms with Crippen molar-refractivity contribution < 1.29 is 50.2 Å². The van der Waals surface area contributed by atoms with E-state index in [1.807, 2.05) is 30.0 Å². The third-order valence-corrected chi connectivity index (χ3v) is 24.3. The molecule has 4 aliphatic heterocycles. The van der Waals surface area contributed by atoms with Crippen molar-refractivity contribution in [2.45, 2.75) is 20.4 Å². The molecular weight excluding hydrogens is 1700 g/mol. The topological polar surface area (TPSA) is 230 Å². The van der Waals surface area contributed by atoms with E-state index >= 15 is 0 Å². The Balaban J connectivity index is 0.000000143. The number of sulfonamides is 1. The van der Waals surface area contributed by atoms with Gasteiger partial charge in [-0.2, -0.15) is 4.31 Å². The molecule has 12 heterocycles. The Morgan fingerprint density at radius 1 is 0.481 bits per heavy atom. The van der Waals surface area contributed by atoms with Gasteiger partial charge in [0.15, 0.2) is 5.15 Å². The van der Waals surface area contributed by atoms with Crippen molar-refractivity contribution in [2.24, 2.45) is 0 Å². The Morgan fingerprint density at radius 2 is 0.846 bits per heavy atom. The Morgan fingerprint density at radius 3 is 1.26 bits per heavy atom. The lowest BCUT2D eigenvalue weighted by molar-refractivity contribution is 0.109. The van der Waals surface area contributed by atoms with Gasteiger partial charge in [0.05, 0.1) is 101 Å². The number of hydrogen-bond donors (Lipinski definition) is 3. The largest absolute Gasteiger partial charge is 0.488 e. The van der Waals surface area contributed by atoms with Crippen molar-refractivity contribution in [1.82, 2.24) is 54.4 Å². The number of halogens is 10. The third kappa shape index (κ3) is 21.8. The number of hydrogen-bond acceptors (Lipinski definition) is 23. The molecule has 0 atom stereocenters. The summed E-state index contributed by atoms with van der Waals surface area (Å²) >= 11 is 33.9. The van der Waals surface area contributed by atoms with Crippen LogP contribution in [0.3, 0.4) is 0 Å². The summed E-state index contributed by atoms with van der Waals surface area (Å²) in [6.07, 6.45) is 1.26. The van der Waals surface area contributed by atoms with Crippen molar-refractivity contribution in [1.29, 1.82) is 0 Å². The molecule has 0 bridgehead atoms. The Kier molecular flexibility index (Phi) is 30.3. The van der Waals surface area contributed by atoms with Crippen molar-refractivity contribution in [2.75, 3.05) is 121 Å². The Bertz CT molecular complexity index is 4910. The summed E-state index contributed by atoms with van der Waals surface area (Å²) in [5.41, 5.74) is 9.67. The number of fused-ring (bicyclic) bond motifs is 4. The standard InChI is InChI=1S/C22H26FN5O3S2.C16H13BrFN3OS.C12H5BrClFN2S.C6H6BFO2.C6HBrCl2N2S.C4H9NO.C2H6/c1-33(29,30)28-8-6-26(7-9-28)14-17-15-32-21-19(16-2-4-18(23)5-3-16)24-22(25-20(17)21)27-10-12-31-13-11-27;17-12-9-23-15-13(10-1-3-11(18)4-2-10)19-16(20-14(12)15)21-5-7-22-8-6-21;13-8-5-18-11-9(16-12(14)17-10(8)11)6-1-3-7(15)4-2-6;8-6-3-1-5(2-4-6)7(9)10;7-2-1-12-4-3(2)10-6(9)11-5(4)8;1-3-6-4-2-5-1;1-2/h2-5,15H,6-14H2,1H3;1-4,9H,5-8H2;1-5H;1-4,9-10H;1H;5H,1-4H2;1-2H3. The molecule has 12 aromatic rings. The number of nitrogens with one attached hydrogen (secondary N) is 1.